The van der Waals surface area contributed by atoms with Gasteiger partial charge in [-0.1, -0.05) is 27.7 Å². The van der Waals surface area contributed by atoms with Crippen molar-refractivity contribution < 1.29 is 0 Å². The van der Waals surface area contributed by atoms with Gasteiger partial charge in [-0.25, -0.2) is 4.98 Å². The van der Waals surface area contributed by atoms with Crippen molar-refractivity contribution in [2.75, 3.05) is 18.5 Å². The Bertz CT molecular complexity index is 449. The fourth-order valence-corrected chi connectivity index (χ4v) is 3.57. The third-order valence-corrected chi connectivity index (χ3v) is 5.56. The second-order valence-corrected chi connectivity index (χ2v) is 8.26. The molecule has 0 aromatic carbocycles. The Morgan fingerprint density at radius 1 is 1.24 bits per heavy atom. The summed E-state index contributed by atoms with van der Waals surface area (Å²) in [6, 6.07) is 0.527. The molecule has 0 radical (unpaired) electrons. The summed E-state index contributed by atoms with van der Waals surface area (Å²) in [6.45, 7) is 13.4. The van der Waals surface area contributed by atoms with E-state index < -0.39 is 0 Å². The largest absolute Gasteiger partial charge is 0.348 e. The summed E-state index contributed by atoms with van der Waals surface area (Å²) in [6.07, 6.45) is 2.65. The van der Waals surface area contributed by atoms with Gasteiger partial charge in [0, 0.05) is 30.4 Å². The molecule has 1 aliphatic rings. The van der Waals surface area contributed by atoms with Gasteiger partial charge in [0.2, 0.25) is 0 Å². The molecule has 1 heterocycles. The number of thiazole rings is 1. The Kier molecular flexibility index (Phi) is 5.67. The fourth-order valence-electron chi connectivity index (χ4n) is 2.40. The zero-order valence-corrected chi connectivity index (χ0v) is 15.3. The van der Waals surface area contributed by atoms with Crippen molar-refractivity contribution in [2.24, 2.45) is 11.8 Å². The molecule has 3 nitrogen and oxygen atoms in total. The number of rotatable bonds is 8. The van der Waals surface area contributed by atoms with Crippen LogP contribution in [0.25, 0.3) is 0 Å². The van der Waals surface area contributed by atoms with Crippen LogP contribution in [0.15, 0.2) is 0 Å². The van der Waals surface area contributed by atoms with E-state index >= 15 is 0 Å². The molecule has 0 saturated heterocycles. The molecular weight excluding hydrogens is 278 g/mol. The lowest BCUT2D eigenvalue weighted by Gasteiger charge is -2.27. The Hall–Kier alpha value is -0.610. The average Bonchev–Trinajstić information content (AvgIpc) is 3.18. The summed E-state index contributed by atoms with van der Waals surface area (Å²) < 4.78 is 0. The van der Waals surface area contributed by atoms with E-state index in [1.165, 1.54) is 28.5 Å². The summed E-state index contributed by atoms with van der Waals surface area (Å²) in [5, 5.41) is 4.77. The minimum absolute atomic E-state index is 0.527. The van der Waals surface area contributed by atoms with E-state index in [0.29, 0.717) is 17.9 Å². The van der Waals surface area contributed by atoms with Gasteiger partial charge in [0.15, 0.2) is 5.13 Å². The summed E-state index contributed by atoms with van der Waals surface area (Å²) >= 11 is 1.89. The molecule has 0 amide bonds. The topological polar surface area (TPSA) is 28.2 Å². The van der Waals surface area contributed by atoms with Crippen LogP contribution in [0.4, 0.5) is 5.13 Å². The Morgan fingerprint density at radius 2 is 1.90 bits per heavy atom. The highest BCUT2D eigenvalue weighted by Gasteiger charge is 2.30. The van der Waals surface area contributed by atoms with Gasteiger partial charge in [0.05, 0.1) is 5.69 Å². The van der Waals surface area contributed by atoms with E-state index in [9.17, 15) is 0 Å². The van der Waals surface area contributed by atoms with Crippen LogP contribution in [0.1, 0.15) is 63.9 Å². The number of hydrogen-bond donors (Lipinski definition) is 1. The molecule has 1 aliphatic carbocycles. The molecule has 21 heavy (non-hydrogen) atoms. The SMILES string of the molecule is CC(C)CNCc1sc(N(C)C(C)C(C)C)nc1C1CC1. The van der Waals surface area contributed by atoms with E-state index in [1.807, 2.05) is 11.3 Å². The molecule has 2 rings (SSSR count). The number of hydrogen-bond acceptors (Lipinski definition) is 4. The average molecular weight is 310 g/mol. The maximum atomic E-state index is 4.98. The maximum absolute atomic E-state index is 4.98. The summed E-state index contributed by atoms with van der Waals surface area (Å²) in [7, 11) is 2.19. The monoisotopic (exact) mass is 309 g/mol. The smallest absolute Gasteiger partial charge is 0.185 e. The van der Waals surface area contributed by atoms with Gasteiger partial charge in [0.1, 0.15) is 0 Å². The van der Waals surface area contributed by atoms with Gasteiger partial charge in [0.25, 0.3) is 0 Å². The predicted octanol–water partition coefficient (Wildman–Crippen LogP) is 4.25. The molecule has 1 aromatic rings. The molecular formula is C17H31N3S. The van der Waals surface area contributed by atoms with Gasteiger partial charge >= 0.3 is 0 Å². The molecule has 1 unspecified atom stereocenters. The lowest BCUT2D eigenvalue weighted by molar-refractivity contribution is 0.505. The standard InChI is InChI=1S/C17H31N3S/c1-11(2)9-18-10-15-16(14-7-8-14)19-17(21-15)20(6)13(5)12(3)4/h11-14,18H,7-10H2,1-6H3. The predicted molar refractivity (Wildman–Crippen MR) is 93.3 cm³/mol. The molecule has 120 valence electrons. The normalized spacial score (nSPS) is 16.8. The minimum Gasteiger partial charge on any atom is -0.348 e. The Balaban J connectivity index is 2.09. The number of aromatic nitrogens is 1. The van der Waals surface area contributed by atoms with Crippen molar-refractivity contribution in [3.05, 3.63) is 10.6 Å². The molecule has 0 spiro atoms. The zero-order valence-electron chi connectivity index (χ0n) is 14.4. The van der Waals surface area contributed by atoms with Crippen molar-refractivity contribution in [1.29, 1.82) is 0 Å². The third kappa shape index (κ3) is 4.43. The summed E-state index contributed by atoms with van der Waals surface area (Å²) in [5.74, 6) is 2.07. The van der Waals surface area contributed by atoms with Crippen LogP contribution in [-0.2, 0) is 6.54 Å². The third-order valence-electron chi connectivity index (χ3n) is 4.40. The lowest BCUT2D eigenvalue weighted by atomic mass is 10.1. The van der Waals surface area contributed by atoms with Crippen molar-refractivity contribution >= 4 is 16.5 Å². The van der Waals surface area contributed by atoms with Crippen LogP contribution in [0.5, 0.6) is 0 Å². The second-order valence-electron chi connectivity index (χ2n) is 7.20. The van der Waals surface area contributed by atoms with E-state index in [4.69, 9.17) is 4.98 Å². The highest BCUT2D eigenvalue weighted by Crippen LogP contribution is 2.44. The van der Waals surface area contributed by atoms with E-state index in [0.717, 1.165) is 19.0 Å². The molecule has 1 atom stereocenters. The first-order valence-corrected chi connectivity index (χ1v) is 9.15. The quantitative estimate of drug-likeness (QED) is 0.778. The van der Waals surface area contributed by atoms with Gasteiger partial charge in [-0.15, -0.1) is 11.3 Å². The minimum atomic E-state index is 0.527. The molecule has 1 saturated carbocycles. The Morgan fingerprint density at radius 3 is 2.43 bits per heavy atom. The first kappa shape index (κ1) is 16.8. The van der Waals surface area contributed by atoms with Gasteiger partial charge in [-0.05, 0) is 38.1 Å². The molecule has 0 bridgehead atoms. The van der Waals surface area contributed by atoms with Crippen LogP contribution in [0, 0.1) is 11.8 Å². The summed E-state index contributed by atoms with van der Waals surface area (Å²) in [5.41, 5.74) is 1.37. The van der Waals surface area contributed by atoms with Crippen molar-refractivity contribution in [1.82, 2.24) is 10.3 Å². The van der Waals surface area contributed by atoms with Gasteiger partial charge in [-0.3, -0.25) is 0 Å². The first-order chi connectivity index (χ1) is 9.90. The number of nitrogens with one attached hydrogen (secondary N) is 1. The fraction of sp³-hybridized carbons (Fsp3) is 0.824. The van der Waals surface area contributed by atoms with E-state index in [-0.39, 0.29) is 0 Å². The van der Waals surface area contributed by atoms with Crippen LogP contribution >= 0.6 is 11.3 Å². The van der Waals surface area contributed by atoms with Crippen LogP contribution in [0.2, 0.25) is 0 Å². The molecule has 1 aromatic heterocycles. The van der Waals surface area contributed by atoms with Gasteiger partial charge < -0.3 is 10.2 Å². The highest BCUT2D eigenvalue weighted by molar-refractivity contribution is 7.15. The van der Waals surface area contributed by atoms with Gasteiger partial charge in [-0.2, -0.15) is 0 Å². The maximum Gasteiger partial charge on any atom is 0.185 e. The van der Waals surface area contributed by atoms with E-state index in [1.54, 1.807) is 0 Å². The number of nitrogens with zero attached hydrogens (tertiary/aromatic N) is 2. The zero-order chi connectivity index (χ0) is 15.6. The van der Waals surface area contributed by atoms with Crippen molar-refractivity contribution in [3.63, 3.8) is 0 Å². The first-order valence-electron chi connectivity index (χ1n) is 8.33. The van der Waals surface area contributed by atoms with Crippen LogP contribution in [0.3, 0.4) is 0 Å². The second kappa shape index (κ2) is 7.10. The number of anilines is 1. The highest BCUT2D eigenvalue weighted by atomic mass is 32.1. The summed E-state index contributed by atoms with van der Waals surface area (Å²) in [4.78, 5) is 8.79. The van der Waals surface area contributed by atoms with Crippen LogP contribution < -0.4 is 10.2 Å². The van der Waals surface area contributed by atoms with E-state index in [2.05, 4.69) is 51.9 Å². The van der Waals surface area contributed by atoms with Crippen LogP contribution in [-0.4, -0.2) is 24.6 Å². The molecule has 1 N–H and O–H groups in total. The molecule has 1 fully saturated rings. The van der Waals surface area contributed by atoms with Crippen molar-refractivity contribution in [2.45, 2.75) is 66.0 Å². The lowest BCUT2D eigenvalue weighted by Crippen LogP contribution is -2.33. The molecule has 4 heteroatoms. The Labute approximate surface area is 134 Å². The van der Waals surface area contributed by atoms with Crippen molar-refractivity contribution in [3.8, 4) is 0 Å². The molecule has 0 aliphatic heterocycles.